The Hall–Kier alpha value is -2.81. The van der Waals surface area contributed by atoms with Crippen molar-refractivity contribution in [3.8, 4) is 0 Å². The summed E-state index contributed by atoms with van der Waals surface area (Å²) in [7, 11) is -2.18. The number of rotatable bonds is 3. The highest BCUT2D eigenvalue weighted by Crippen LogP contribution is 2.44. The van der Waals surface area contributed by atoms with E-state index in [1.165, 1.54) is 13.2 Å². The van der Waals surface area contributed by atoms with Crippen LogP contribution in [0.15, 0.2) is 35.6 Å². The average Bonchev–Trinajstić information content (AvgIpc) is 2.84. The maximum absolute atomic E-state index is 13.1. The van der Waals surface area contributed by atoms with Crippen molar-refractivity contribution in [3.05, 3.63) is 58.7 Å². The predicted octanol–water partition coefficient (Wildman–Crippen LogP) is 1.72. The van der Waals surface area contributed by atoms with Crippen LogP contribution in [0.1, 0.15) is 52.6 Å². The highest BCUT2D eigenvalue weighted by Gasteiger charge is 2.51. The molecule has 9 heteroatoms. The lowest BCUT2D eigenvalue weighted by molar-refractivity contribution is 0.0987. The molecule has 0 spiro atoms. The van der Waals surface area contributed by atoms with Crippen LogP contribution in [-0.4, -0.2) is 46.7 Å². The van der Waals surface area contributed by atoms with Crippen LogP contribution < -0.4 is 5.73 Å². The second kappa shape index (κ2) is 7.16. The molecule has 0 fully saturated rings. The van der Waals surface area contributed by atoms with Crippen LogP contribution in [0.25, 0.3) is 0 Å². The van der Waals surface area contributed by atoms with Gasteiger partial charge < -0.3 is 5.73 Å². The third kappa shape index (κ3) is 3.27. The number of Topliss-reactive ketones (excluding diaryl/α,β-unsaturated/α-hetero) is 1. The van der Waals surface area contributed by atoms with Gasteiger partial charge in [-0.15, -0.1) is 0 Å². The average molecular weight is 428 g/mol. The Morgan fingerprint density at radius 2 is 2.07 bits per heavy atom. The first kappa shape index (κ1) is 20.5. The number of hydrogen-bond acceptors (Lipinski definition) is 7. The number of sulfonamides is 1. The van der Waals surface area contributed by atoms with Crippen LogP contribution in [0.4, 0.5) is 0 Å². The Kier molecular flexibility index (Phi) is 4.88. The third-order valence-electron chi connectivity index (χ3n) is 6.10. The molecule has 1 aromatic heterocycles. The molecule has 158 valence electrons. The van der Waals surface area contributed by atoms with E-state index in [-0.39, 0.29) is 18.2 Å². The Morgan fingerprint density at radius 3 is 2.77 bits per heavy atom. The molecular weight excluding hydrogens is 402 g/mol. The summed E-state index contributed by atoms with van der Waals surface area (Å²) in [5.41, 5.74) is 8.70. The molecule has 30 heavy (non-hydrogen) atoms. The SMILES string of the molecule is Cc1cnc(C(=O)Cc2ccc3c(c2)[C@@]2(C)N=C(N)N(C)S(=O)(=O)[C@@H]2CCC3)cn1. The van der Waals surface area contributed by atoms with E-state index in [4.69, 9.17) is 5.73 Å². The highest BCUT2D eigenvalue weighted by molar-refractivity contribution is 7.90. The lowest BCUT2D eigenvalue weighted by Crippen LogP contribution is -2.56. The first-order chi connectivity index (χ1) is 14.1. The molecule has 0 unspecified atom stereocenters. The van der Waals surface area contributed by atoms with E-state index in [2.05, 4.69) is 15.0 Å². The lowest BCUT2D eigenvalue weighted by atomic mass is 9.84. The van der Waals surface area contributed by atoms with Crippen LogP contribution in [-0.2, 0) is 28.4 Å². The van der Waals surface area contributed by atoms with Crippen molar-refractivity contribution >= 4 is 21.8 Å². The highest BCUT2D eigenvalue weighted by atomic mass is 32.2. The van der Waals surface area contributed by atoms with Crippen molar-refractivity contribution in [2.24, 2.45) is 10.7 Å². The van der Waals surface area contributed by atoms with Gasteiger partial charge in [-0.3, -0.25) is 9.78 Å². The monoisotopic (exact) mass is 427 g/mol. The summed E-state index contributed by atoms with van der Waals surface area (Å²) < 4.78 is 27.3. The minimum absolute atomic E-state index is 0.0157. The van der Waals surface area contributed by atoms with Gasteiger partial charge in [0.1, 0.15) is 16.5 Å². The molecule has 1 aromatic carbocycles. The molecule has 1 aliphatic heterocycles. The maximum Gasteiger partial charge on any atom is 0.242 e. The van der Waals surface area contributed by atoms with Crippen molar-refractivity contribution in [2.45, 2.75) is 50.3 Å². The van der Waals surface area contributed by atoms with Gasteiger partial charge in [0, 0.05) is 19.7 Å². The number of aromatic nitrogens is 2. The number of hydrogen-bond donors (Lipinski definition) is 1. The summed E-state index contributed by atoms with van der Waals surface area (Å²) in [6, 6.07) is 5.80. The number of fused-ring (bicyclic) bond motifs is 3. The Labute approximate surface area is 176 Å². The van der Waals surface area contributed by atoms with E-state index in [9.17, 15) is 13.2 Å². The first-order valence-corrected chi connectivity index (χ1v) is 11.4. The van der Waals surface area contributed by atoms with Crippen molar-refractivity contribution in [3.63, 3.8) is 0 Å². The number of ketones is 1. The van der Waals surface area contributed by atoms with Crippen LogP contribution in [0.5, 0.6) is 0 Å². The number of aryl methyl sites for hydroxylation is 2. The molecule has 2 heterocycles. The molecule has 8 nitrogen and oxygen atoms in total. The van der Waals surface area contributed by atoms with Crippen LogP contribution >= 0.6 is 0 Å². The quantitative estimate of drug-likeness (QED) is 0.745. The third-order valence-corrected chi connectivity index (χ3v) is 8.47. The fraction of sp³-hybridized carbons (Fsp3) is 0.429. The number of nitrogens with two attached hydrogens (primary N) is 1. The normalized spacial score (nSPS) is 25.0. The summed E-state index contributed by atoms with van der Waals surface area (Å²) in [5.74, 6) is -0.158. The largest absolute Gasteiger partial charge is 0.369 e. The Balaban J connectivity index is 1.76. The van der Waals surface area contributed by atoms with Gasteiger partial charge in [0.05, 0.1) is 11.9 Å². The summed E-state index contributed by atoms with van der Waals surface area (Å²) in [4.78, 5) is 25.6. The van der Waals surface area contributed by atoms with E-state index in [0.29, 0.717) is 12.1 Å². The van der Waals surface area contributed by atoms with Gasteiger partial charge in [-0.25, -0.2) is 22.7 Å². The van der Waals surface area contributed by atoms with E-state index >= 15 is 0 Å². The molecule has 0 amide bonds. The van der Waals surface area contributed by atoms with E-state index in [1.807, 2.05) is 32.0 Å². The molecule has 4 rings (SSSR count). The minimum Gasteiger partial charge on any atom is -0.369 e. The first-order valence-electron chi connectivity index (χ1n) is 9.90. The lowest BCUT2D eigenvalue weighted by Gasteiger charge is -2.41. The zero-order chi connectivity index (χ0) is 21.7. The minimum atomic E-state index is -3.63. The van der Waals surface area contributed by atoms with Gasteiger partial charge in [0.2, 0.25) is 16.0 Å². The molecule has 2 N–H and O–H groups in total. The number of carbonyl (C=O) groups excluding carboxylic acids is 1. The van der Waals surface area contributed by atoms with Crippen LogP contribution in [0.2, 0.25) is 0 Å². The van der Waals surface area contributed by atoms with Crippen LogP contribution in [0, 0.1) is 6.92 Å². The molecule has 2 aliphatic rings. The van der Waals surface area contributed by atoms with E-state index in [0.717, 1.165) is 39.5 Å². The van der Waals surface area contributed by atoms with Gasteiger partial charge in [0.25, 0.3) is 0 Å². The summed E-state index contributed by atoms with van der Waals surface area (Å²) in [6.45, 7) is 3.64. The predicted molar refractivity (Wildman–Crippen MR) is 114 cm³/mol. The summed E-state index contributed by atoms with van der Waals surface area (Å²) in [6.07, 6.45) is 5.20. The second-order valence-corrected chi connectivity index (χ2v) is 10.3. The fourth-order valence-electron chi connectivity index (χ4n) is 4.37. The number of benzene rings is 1. The van der Waals surface area contributed by atoms with E-state index in [1.54, 1.807) is 6.20 Å². The van der Waals surface area contributed by atoms with Crippen LogP contribution in [0.3, 0.4) is 0 Å². The molecule has 0 saturated carbocycles. The van der Waals surface area contributed by atoms with Gasteiger partial charge in [0.15, 0.2) is 5.78 Å². The summed E-state index contributed by atoms with van der Waals surface area (Å²) in [5, 5.41) is -0.697. The smallest absolute Gasteiger partial charge is 0.242 e. The fourth-order valence-corrected chi connectivity index (χ4v) is 6.28. The molecule has 2 aromatic rings. The Bertz CT molecular complexity index is 1140. The van der Waals surface area contributed by atoms with Crippen molar-refractivity contribution in [1.29, 1.82) is 0 Å². The standard InChI is InChI=1S/C21H25N5O3S/c1-13-11-24-17(12-23-13)18(27)10-14-7-8-15-5-4-6-19-21(2,16(15)9-14)25-20(22)26(3)30(19,28)29/h7-9,11-12,19H,4-6,10H2,1-3H3,(H2,22,25)/t19-,21-/m1/s1. The summed E-state index contributed by atoms with van der Waals surface area (Å²) >= 11 is 0. The molecule has 0 bridgehead atoms. The van der Waals surface area contributed by atoms with Gasteiger partial charge >= 0.3 is 0 Å². The number of carbonyl (C=O) groups is 1. The number of guanidine groups is 1. The Morgan fingerprint density at radius 1 is 1.30 bits per heavy atom. The van der Waals surface area contributed by atoms with Crippen molar-refractivity contribution in [1.82, 2.24) is 14.3 Å². The molecule has 0 radical (unpaired) electrons. The van der Waals surface area contributed by atoms with Crippen molar-refractivity contribution in [2.75, 3.05) is 7.05 Å². The zero-order valence-electron chi connectivity index (χ0n) is 17.3. The zero-order valence-corrected chi connectivity index (χ0v) is 18.1. The molecular formula is C21H25N5O3S. The topological polar surface area (TPSA) is 119 Å². The molecule has 0 saturated heterocycles. The number of nitrogens with zero attached hydrogens (tertiary/aromatic N) is 4. The molecule has 2 atom stereocenters. The number of aliphatic imine (C=N–C) groups is 1. The van der Waals surface area contributed by atoms with Gasteiger partial charge in [-0.1, -0.05) is 18.2 Å². The van der Waals surface area contributed by atoms with Gasteiger partial charge in [-0.2, -0.15) is 0 Å². The maximum atomic E-state index is 13.1. The van der Waals surface area contributed by atoms with Gasteiger partial charge in [-0.05, 0) is 49.8 Å². The van der Waals surface area contributed by atoms with Crippen molar-refractivity contribution < 1.29 is 13.2 Å². The second-order valence-electron chi connectivity index (χ2n) is 8.15. The van der Waals surface area contributed by atoms with E-state index < -0.39 is 20.8 Å². The molecule has 1 aliphatic carbocycles.